The standard InChI is InChI=1S/C26H23Br2N3O4/c1-3-35-24(33)22-23(29)31(18-10-8-14(27)11-13(18)2)19-5-4-6-20(32)21(19)26(22)16-12-15(28)7-9-17(16)30-25(26)34/h7-12H,3-6,29H2,1-2H3,(H,30,34). The number of hydrogen-bond donors (Lipinski definition) is 2. The fraction of sp³-hybridized carbons (Fsp3) is 0.269. The molecule has 1 amide bonds. The number of benzene rings is 2. The van der Waals surface area contributed by atoms with Gasteiger partial charge in [-0.3, -0.25) is 14.5 Å². The number of ketones is 1. The summed E-state index contributed by atoms with van der Waals surface area (Å²) in [5.74, 6) is -1.29. The van der Waals surface area contributed by atoms with Gasteiger partial charge < -0.3 is 15.8 Å². The average Bonchev–Trinajstić information content (AvgIpc) is 3.07. The third-order valence-corrected chi connectivity index (χ3v) is 7.74. The van der Waals surface area contributed by atoms with E-state index in [0.29, 0.717) is 34.3 Å². The molecular formula is C26H23Br2N3O4. The fourth-order valence-electron chi connectivity index (χ4n) is 5.43. The van der Waals surface area contributed by atoms with Crippen molar-refractivity contribution in [2.45, 2.75) is 38.5 Å². The normalized spacial score (nSPS) is 21.3. The van der Waals surface area contributed by atoms with Gasteiger partial charge in [-0.15, -0.1) is 0 Å². The Balaban J connectivity index is 1.92. The highest BCUT2D eigenvalue weighted by Crippen LogP contribution is 2.56. The van der Waals surface area contributed by atoms with Gasteiger partial charge in [0.25, 0.3) is 0 Å². The minimum atomic E-state index is -1.69. The number of halogens is 2. The molecule has 3 N–H and O–H groups in total. The van der Waals surface area contributed by atoms with Crippen molar-refractivity contribution in [3.63, 3.8) is 0 Å². The lowest BCUT2D eigenvalue weighted by atomic mass is 9.63. The first-order chi connectivity index (χ1) is 16.7. The van der Waals surface area contributed by atoms with Crippen molar-refractivity contribution in [3.8, 4) is 0 Å². The Kier molecular flexibility index (Phi) is 5.88. The number of nitrogens with zero attached hydrogens (tertiary/aromatic N) is 1. The van der Waals surface area contributed by atoms with Crippen molar-refractivity contribution in [2.75, 3.05) is 16.8 Å². The zero-order chi connectivity index (χ0) is 25.1. The van der Waals surface area contributed by atoms with Crippen molar-refractivity contribution < 1.29 is 19.1 Å². The SMILES string of the molecule is CCOC(=O)C1=C(N)N(c2ccc(Br)cc2C)C2=C(C(=O)CCC2)C12C(=O)Nc1ccc(Br)cc12. The molecule has 5 rings (SSSR count). The van der Waals surface area contributed by atoms with Crippen LogP contribution in [0.2, 0.25) is 0 Å². The summed E-state index contributed by atoms with van der Waals surface area (Å²) in [5, 5.41) is 2.89. The van der Waals surface area contributed by atoms with Crippen LogP contribution in [-0.4, -0.2) is 24.3 Å². The van der Waals surface area contributed by atoms with Crippen LogP contribution in [0.25, 0.3) is 0 Å². The van der Waals surface area contributed by atoms with E-state index in [1.165, 1.54) is 0 Å². The number of esters is 1. The van der Waals surface area contributed by atoms with E-state index in [1.807, 2.05) is 25.1 Å². The van der Waals surface area contributed by atoms with E-state index in [9.17, 15) is 14.4 Å². The van der Waals surface area contributed by atoms with Gasteiger partial charge in [0.2, 0.25) is 5.91 Å². The predicted octanol–water partition coefficient (Wildman–Crippen LogP) is 4.97. The topological polar surface area (TPSA) is 102 Å². The minimum absolute atomic E-state index is 0.0370. The van der Waals surface area contributed by atoms with Gasteiger partial charge in [-0.25, -0.2) is 4.79 Å². The average molecular weight is 601 g/mol. The van der Waals surface area contributed by atoms with E-state index < -0.39 is 17.3 Å². The number of allylic oxidation sites excluding steroid dienone is 1. The number of hydrogen-bond acceptors (Lipinski definition) is 6. The van der Waals surface area contributed by atoms with Crippen molar-refractivity contribution in [1.82, 2.24) is 0 Å². The van der Waals surface area contributed by atoms with E-state index in [4.69, 9.17) is 10.5 Å². The Morgan fingerprint density at radius 3 is 2.57 bits per heavy atom. The number of nitrogens with one attached hydrogen (secondary N) is 1. The molecule has 35 heavy (non-hydrogen) atoms. The molecule has 1 unspecified atom stereocenters. The summed E-state index contributed by atoms with van der Waals surface area (Å²) in [6.07, 6.45) is 1.43. The molecule has 2 aromatic rings. The van der Waals surface area contributed by atoms with E-state index in [2.05, 4.69) is 37.2 Å². The molecule has 2 aromatic carbocycles. The lowest BCUT2D eigenvalue weighted by Crippen LogP contribution is -2.53. The molecule has 0 saturated heterocycles. The summed E-state index contributed by atoms with van der Waals surface area (Å²) in [6, 6.07) is 11.0. The van der Waals surface area contributed by atoms with Crippen LogP contribution in [-0.2, 0) is 24.5 Å². The lowest BCUT2D eigenvalue weighted by molar-refractivity contribution is -0.140. The molecule has 3 aliphatic rings. The Bertz CT molecular complexity index is 1380. The summed E-state index contributed by atoms with van der Waals surface area (Å²) in [5.41, 5.74) is 8.69. The maximum Gasteiger partial charge on any atom is 0.339 e. The second kappa shape index (κ2) is 8.64. The van der Waals surface area contributed by atoms with Crippen LogP contribution in [0.4, 0.5) is 11.4 Å². The zero-order valence-corrected chi connectivity index (χ0v) is 22.4. The number of carbonyl (C=O) groups excluding carboxylic acids is 3. The Labute approximate surface area is 219 Å². The second-order valence-electron chi connectivity index (χ2n) is 8.74. The molecule has 0 radical (unpaired) electrons. The molecular weight excluding hydrogens is 578 g/mol. The largest absolute Gasteiger partial charge is 0.462 e. The second-order valence-corrected chi connectivity index (χ2v) is 10.6. The number of nitrogens with two attached hydrogens (primary N) is 1. The summed E-state index contributed by atoms with van der Waals surface area (Å²) in [7, 11) is 0. The first-order valence-electron chi connectivity index (χ1n) is 11.3. The van der Waals surface area contributed by atoms with Crippen molar-refractivity contribution >= 4 is 60.9 Å². The number of aryl methyl sites for hydroxylation is 1. The van der Waals surface area contributed by atoms with Crippen LogP contribution in [0, 0.1) is 6.92 Å². The van der Waals surface area contributed by atoms with Gasteiger partial charge in [0.1, 0.15) is 16.8 Å². The maximum atomic E-state index is 13.9. The maximum absolute atomic E-state index is 13.9. The van der Waals surface area contributed by atoms with Crippen LogP contribution in [0.15, 0.2) is 68.0 Å². The summed E-state index contributed by atoms with van der Waals surface area (Å²) in [4.78, 5) is 42.9. The Morgan fingerprint density at radius 1 is 1.14 bits per heavy atom. The molecule has 0 saturated carbocycles. The molecule has 2 aliphatic heterocycles. The van der Waals surface area contributed by atoms with Gasteiger partial charge in [0.05, 0.1) is 12.3 Å². The van der Waals surface area contributed by atoms with Crippen molar-refractivity contribution in [3.05, 3.63) is 79.1 Å². The van der Waals surface area contributed by atoms with E-state index in [-0.39, 0.29) is 35.8 Å². The first kappa shape index (κ1) is 23.8. The summed E-state index contributed by atoms with van der Waals surface area (Å²) in [6.45, 7) is 3.72. The van der Waals surface area contributed by atoms with Crippen LogP contribution >= 0.6 is 31.9 Å². The number of ether oxygens (including phenoxy) is 1. The number of Topliss-reactive ketones (excluding diaryl/α,β-unsaturated/α-hetero) is 1. The van der Waals surface area contributed by atoms with Gasteiger partial charge in [-0.05, 0) is 68.7 Å². The zero-order valence-electron chi connectivity index (χ0n) is 19.2. The fourth-order valence-corrected chi connectivity index (χ4v) is 6.26. The van der Waals surface area contributed by atoms with Gasteiger partial charge >= 0.3 is 5.97 Å². The Morgan fingerprint density at radius 2 is 1.86 bits per heavy atom. The highest BCUT2D eigenvalue weighted by atomic mass is 79.9. The molecule has 0 bridgehead atoms. The van der Waals surface area contributed by atoms with E-state index in [0.717, 1.165) is 15.7 Å². The highest BCUT2D eigenvalue weighted by Gasteiger charge is 2.62. The van der Waals surface area contributed by atoms with Crippen molar-refractivity contribution in [2.24, 2.45) is 5.73 Å². The predicted molar refractivity (Wildman–Crippen MR) is 140 cm³/mol. The number of rotatable bonds is 3. The minimum Gasteiger partial charge on any atom is -0.462 e. The number of anilines is 2. The number of amides is 1. The molecule has 0 fully saturated rings. The molecule has 1 aliphatic carbocycles. The molecule has 1 atom stereocenters. The monoisotopic (exact) mass is 599 g/mol. The van der Waals surface area contributed by atoms with Crippen LogP contribution < -0.4 is 16.0 Å². The third kappa shape index (κ3) is 3.39. The summed E-state index contributed by atoms with van der Waals surface area (Å²) >= 11 is 6.98. The molecule has 7 nitrogen and oxygen atoms in total. The number of fused-ring (bicyclic) bond motifs is 3. The molecule has 2 heterocycles. The molecule has 1 spiro atoms. The molecule has 180 valence electrons. The van der Waals surface area contributed by atoms with Crippen LogP contribution in [0.3, 0.4) is 0 Å². The third-order valence-electron chi connectivity index (χ3n) is 6.76. The molecule has 0 aromatic heterocycles. The lowest BCUT2D eigenvalue weighted by Gasteiger charge is -2.44. The first-order valence-corrected chi connectivity index (χ1v) is 12.9. The highest BCUT2D eigenvalue weighted by molar-refractivity contribution is 9.10. The van der Waals surface area contributed by atoms with Gasteiger partial charge in [0, 0.05) is 37.9 Å². The van der Waals surface area contributed by atoms with Crippen LogP contribution in [0.5, 0.6) is 0 Å². The number of carbonyl (C=O) groups is 3. The van der Waals surface area contributed by atoms with Gasteiger partial charge in [-0.1, -0.05) is 31.9 Å². The van der Waals surface area contributed by atoms with Crippen molar-refractivity contribution in [1.29, 1.82) is 0 Å². The van der Waals surface area contributed by atoms with Gasteiger partial charge in [-0.2, -0.15) is 0 Å². The van der Waals surface area contributed by atoms with E-state index >= 15 is 0 Å². The molecule has 9 heteroatoms. The quantitative estimate of drug-likeness (QED) is 0.482. The van der Waals surface area contributed by atoms with Gasteiger partial charge in [0.15, 0.2) is 5.78 Å². The van der Waals surface area contributed by atoms with E-state index in [1.54, 1.807) is 30.0 Å². The van der Waals surface area contributed by atoms with Crippen LogP contribution in [0.1, 0.15) is 37.3 Å². The summed E-state index contributed by atoms with van der Waals surface area (Å²) < 4.78 is 7.05. The Hall–Kier alpha value is -2.91. The smallest absolute Gasteiger partial charge is 0.339 e.